The van der Waals surface area contributed by atoms with E-state index < -0.39 is 18.2 Å². The van der Waals surface area contributed by atoms with Gasteiger partial charge in [-0.15, -0.1) is 0 Å². The summed E-state index contributed by atoms with van der Waals surface area (Å²) in [6.45, 7) is 6.72. The maximum Gasteiger partial charge on any atom is 0.335 e. The van der Waals surface area contributed by atoms with Crippen LogP contribution < -0.4 is 5.32 Å². The Hall–Kier alpha value is -2.41. The van der Waals surface area contributed by atoms with E-state index in [2.05, 4.69) is 24.1 Å². The van der Waals surface area contributed by atoms with E-state index in [0.29, 0.717) is 41.2 Å². The number of halogens is 1. The third-order valence-corrected chi connectivity index (χ3v) is 5.73. The molecular weight excluding hydrogens is 363 g/mol. The molecule has 0 bridgehead atoms. The van der Waals surface area contributed by atoms with Crippen LogP contribution in [0.1, 0.15) is 44.7 Å². The number of likely N-dealkylation sites (tertiary alicyclic amines) is 1. The summed E-state index contributed by atoms with van der Waals surface area (Å²) in [4.78, 5) is 27.5. The summed E-state index contributed by atoms with van der Waals surface area (Å²) in [5.74, 6) is -0.848. The van der Waals surface area contributed by atoms with Gasteiger partial charge >= 0.3 is 5.97 Å². The monoisotopic (exact) mass is 390 g/mol. The van der Waals surface area contributed by atoms with Crippen molar-refractivity contribution in [1.29, 1.82) is 0 Å². The third-order valence-electron chi connectivity index (χ3n) is 5.73. The number of nitrogens with zero attached hydrogens (tertiary/aromatic N) is 1. The molecule has 0 radical (unpaired) electrons. The van der Waals surface area contributed by atoms with E-state index in [1.807, 2.05) is 0 Å². The number of esters is 1. The first kappa shape index (κ1) is 20.3. The van der Waals surface area contributed by atoms with Crippen LogP contribution in [0.3, 0.4) is 0 Å². The van der Waals surface area contributed by atoms with Crippen LogP contribution in [0.25, 0.3) is 0 Å². The van der Waals surface area contributed by atoms with Crippen molar-refractivity contribution in [3.63, 3.8) is 0 Å². The van der Waals surface area contributed by atoms with Gasteiger partial charge in [0.1, 0.15) is 18.0 Å². The summed E-state index contributed by atoms with van der Waals surface area (Å²) in [6, 6.07) is 4.81. The topological polar surface area (TPSA) is 78.9 Å². The second kappa shape index (κ2) is 7.91. The lowest BCUT2D eigenvalue weighted by atomic mass is 9.82. The molecule has 0 atom stereocenters. The summed E-state index contributed by atoms with van der Waals surface area (Å²) in [6.07, 6.45) is 1.14. The highest BCUT2D eigenvalue weighted by Gasteiger charge is 2.50. The van der Waals surface area contributed by atoms with Crippen molar-refractivity contribution < 1.29 is 23.8 Å². The van der Waals surface area contributed by atoms with Crippen molar-refractivity contribution in [2.75, 3.05) is 13.1 Å². The Balaban J connectivity index is 1.76. The molecule has 3 rings (SSSR count). The van der Waals surface area contributed by atoms with Crippen molar-refractivity contribution in [2.45, 2.75) is 58.5 Å². The van der Waals surface area contributed by atoms with Crippen LogP contribution in [0.15, 0.2) is 29.3 Å². The van der Waals surface area contributed by atoms with Crippen LogP contribution in [0.5, 0.6) is 5.75 Å². The molecule has 0 unspecified atom stereocenters. The van der Waals surface area contributed by atoms with Gasteiger partial charge in [0, 0.05) is 49.7 Å². The summed E-state index contributed by atoms with van der Waals surface area (Å²) in [5, 5.41) is 12.7. The first-order valence-electron chi connectivity index (χ1n) is 9.61. The van der Waals surface area contributed by atoms with E-state index >= 15 is 0 Å². The molecule has 1 saturated heterocycles. The van der Waals surface area contributed by atoms with Gasteiger partial charge in [-0.2, -0.15) is 0 Å². The number of rotatable bonds is 5. The number of hydrogen-bond acceptors (Lipinski definition) is 5. The second-order valence-corrected chi connectivity index (χ2v) is 7.79. The SMILES string of the molecule is CC1=C(C(=O)NCc2cc(CF)ccc2O)C2(CCN(C(C)C)CC2)OC1=O. The number of carbonyl (C=O) groups is 2. The molecule has 0 saturated carbocycles. The number of amides is 1. The van der Waals surface area contributed by atoms with Gasteiger partial charge in [-0.3, -0.25) is 4.79 Å². The first-order chi connectivity index (χ1) is 13.3. The number of piperidine rings is 1. The molecule has 0 aliphatic carbocycles. The van der Waals surface area contributed by atoms with Crippen molar-refractivity contribution in [2.24, 2.45) is 0 Å². The lowest BCUT2D eigenvalue weighted by Crippen LogP contribution is -2.50. The Bertz CT molecular complexity index is 811. The Morgan fingerprint density at radius 3 is 2.64 bits per heavy atom. The fourth-order valence-corrected chi connectivity index (χ4v) is 4.01. The molecule has 2 heterocycles. The fraction of sp³-hybridized carbons (Fsp3) is 0.524. The summed E-state index contributed by atoms with van der Waals surface area (Å²) < 4.78 is 18.5. The minimum Gasteiger partial charge on any atom is -0.508 e. The fourth-order valence-electron chi connectivity index (χ4n) is 4.01. The predicted molar refractivity (Wildman–Crippen MR) is 102 cm³/mol. The average Bonchev–Trinajstić information content (AvgIpc) is 2.91. The molecule has 2 aliphatic rings. The molecule has 28 heavy (non-hydrogen) atoms. The molecule has 0 aromatic heterocycles. The Kier molecular flexibility index (Phi) is 5.74. The molecular formula is C21H27FN2O4. The normalized spacial score (nSPS) is 19.4. The zero-order valence-electron chi connectivity index (χ0n) is 16.5. The van der Waals surface area contributed by atoms with E-state index in [4.69, 9.17) is 4.74 Å². The number of aromatic hydroxyl groups is 1. The van der Waals surface area contributed by atoms with Gasteiger partial charge in [0.25, 0.3) is 5.91 Å². The van der Waals surface area contributed by atoms with E-state index in [9.17, 15) is 19.1 Å². The number of carbonyl (C=O) groups excluding carboxylic acids is 2. The highest BCUT2D eigenvalue weighted by Crippen LogP contribution is 2.41. The summed E-state index contributed by atoms with van der Waals surface area (Å²) in [5.41, 5.74) is 0.670. The van der Waals surface area contributed by atoms with Crippen LogP contribution >= 0.6 is 0 Å². The summed E-state index contributed by atoms with van der Waals surface area (Å²) in [7, 11) is 0. The lowest BCUT2D eigenvalue weighted by molar-refractivity contribution is -0.151. The Labute approximate surface area is 164 Å². The highest BCUT2D eigenvalue weighted by atomic mass is 19.1. The van der Waals surface area contributed by atoms with Gasteiger partial charge in [-0.1, -0.05) is 6.07 Å². The number of hydrogen-bond donors (Lipinski definition) is 2. The van der Waals surface area contributed by atoms with Gasteiger partial charge in [0.05, 0.1) is 5.57 Å². The Morgan fingerprint density at radius 1 is 1.36 bits per heavy atom. The van der Waals surface area contributed by atoms with Crippen molar-refractivity contribution in [3.8, 4) is 5.75 Å². The zero-order chi connectivity index (χ0) is 20.5. The average molecular weight is 390 g/mol. The molecule has 1 aromatic rings. The number of phenols is 1. The second-order valence-electron chi connectivity index (χ2n) is 7.79. The molecule has 152 valence electrons. The van der Waals surface area contributed by atoms with Crippen LogP contribution in [-0.2, 0) is 27.5 Å². The minimum absolute atomic E-state index is 0.0121. The van der Waals surface area contributed by atoms with Crippen molar-refractivity contribution in [1.82, 2.24) is 10.2 Å². The van der Waals surface area contributed by atoms with Gasteiger partial charge < -0.3 is 20.1 Å². The minimum atomic E-state index is -0.889. The molecule has 1 aromatic carbocycles. The smallest absolute Gasteiger partial charge is 0.335 e. The van der Waals surface area contributed by atoms with Gasteiger partial charge in [0.2, 0.25) is 0 Å². The lowest BCUT2D eigenvalue weighted by Gasteiger charge is -2.40. The molecule has 1 spiro atoms. The molecule has 2 aliphatic heterocycles. The number of benzene rings is 1. The maximum atomic E-state index is 13.0. The number of alkyl halides is 1. The molecule has 2 N–H and O–H groups in total. The molecule has 1 amide bonds. The van der Waals surface area contributed by atoms with Crippen molar-refractivity contribution in [3.05, 3.63) is 40.5 Å². The number of nitrogens with one attached hydrogen (secondary N) is 1. The maximum absolute atomic E-state index is 13.0. The number of phenolic OH excluding ortho intramolecular Hbond substituents is 1. The third kappa shape index (κ3) is 3.76. The van der Waals surface area contributed by atoms with E-state index in [0.717, 1.165) is 13.1 Å². The van der Waals surface area contributed by atoms with Crippen LogP contribution in [0, 0.1) is 0 Å². The van der Waals surface area contributed by atoms with Gasteiger partial charge in [0.15, 0.2) is 0 Å². The van der Waals surface area contributed by atoms with Crippen LogP contribution in [0.2, 0.25) is 0 Å². The molecule has 1 fully saturated rings. The van der Waals surface area contributed by atoms with E-state index in [1.165, 1.54) is 18.2 Å². The van der Waals surface area contributed by atoms with E-state index in [-0.39, 0.29) is 18.2 Å². The van der Waals surface area contributed by atoms with Crippen LogP contribution in [0.4, 0.5) is 4.39 Å². The number of ether oxygens (including phenoxy) is 1. The van der Waals surface area contributed by atoms with Gasteiger partial charge in [-0.25, -0.2) is 9.18 Å². The summed E-state index contributed by atoms with van der Waals surface area (Å²) >= 11 is 0. The Morgan fingerprint density at radius 2 is 2.04 bits per heavy atom. The molecule has 7 heteroatoms. The molecule has 6 nitrogen and oxygen atoms in total. The predicted octanol–water partition coefficient (Wildman–Crippen LogP) is 2.59. The van der Waals surface area contributed by atoms with Crippen molar-refractivity contribution >= 4 is 11.9 Å². The zero-order valence-corrected chi connectivity index (χ0v) is 16.5. The van der Waals surface area contributed by atoms with E-state index in [1.54, 1.807) is 6.92 Å². The quantitative estimate of drug-likeness (QED) is 0.756. The van der Waals surface area contributed by atoms with Gasteiger partial charge in [-0.05, 0) is 38.5 Å². The van der Waals surface area contributed by atoms with Crippen LogP contribution in [-0.4, -0.2) is 46.6 Å². The highest BCUT2D eigenvalue weighted by molar-refractivity contribution is 6.07. The largest absolute Gasteiger partial charge is 0.508 e. The first-order valence-corrected chi connectivity index (χ1v) is 9.61. The standard InChI is InChI=1S/C21H27FN2O4/c1-13(2)24-8-6-21(7-9-24)18(14(3)20(27)28-21)19(26)23-12-16-10-15(11-22)4-5-17(16)25/h4-5,10,13,25H,6-9,11-12H2,1-3H3,(H,23,26).